The number of nitrogens with zero attached hydrogens (tertiary/aromatic N) is 2. The van der Waals surface area contributed by atoms with Crippen LogP contribution in [0.2, 0.25) is 0 Å². The molecule has 3 nitrogen and oxygen atoms in total. The topological polar surface area (TPSA) is 29.9 Å². The second kappa shape index (κ2) is 3.52. The van der Waals surface area contributed by atoms with Gasteiger partial charge in [-0.2, -0.15) is 0 Å². The van der Waals surface area contributed by atoms with Gasteiger partial charge in [0.2, 0.25) is 0 Å². The average molecular weight is 211 g/mol. The van der Waals surface area contributed by atoms with Gasteiger partial charge in [-0.15, -0.1) is 0 Å². The third-order valence-electron chi connectivity index (χ3n) is 2.84. The van der Waals surface area contributed by atoms with Crippen LogP contribution in [-0.4, -0.2) is 16.1 Å². The smallest absolute Gasteiger partial charge is 0.157 e. The fourth-order valence-electron chi connectivity index (χ4n) is 2.00. The molecule has 3 heteroatoms. The lowest BCUT2D eigenvalue weighted by molar-refractivity contribution is 0.879. The molecule has 1 aromatic heterocycles. The van der Waals surface area contributed by atoms with Crippen molar-refractivity contribution in [3.05, 3.63) is 48.3 Å². The van der Waals surface area contributed by atoms with Gasteiger partial charge in [0, 0.05) is 13.6 Å². The summed E-state index contributed by atoms with van der Waals surface area (Å²) < 4.78 is 2.12. The van der Waals surface area contributed by atoms with E-state index in [1.165, 1.54) is 0 Å². The van der Waals surface area contributed by atoms with Crippen molar-refractivity contribution in [3.63, 3.8) is 0 Å². The molecule has 16 heavy (non-hydrogen) atoms. The maximum absolute atomic E-state index is 4.63. The minimum Gasteiger partial charge on any atom is -0.379 e. The third kappa shape index (κ3) is 1.33. The van der Waals surface area contributed by atoms with E-state index < -0.39 is 0 Å². The molecule has 1 N–H and O–H groups in total. The van der Waals surface area contributed by atoms with E-state index in [-0.39, 0.29) is 0 Å². The van der Waals surface area contributed by atoms with Crippen LogP contribution in [0.3, 0.4) is 0 Å². The molecule has 0 spiro atoms. The van der Waals surface area contributed by atoms with E-state index in [0.717, 1.165) is 29.1 Å². The Hall–Kier alpha value is -2.03. The summed E-state index contributed by atoms with van der Waals surface area (Å²) in [6.45, 7) is 0.870. The van der Waals surface area contributed by atoms with Gasteiger partial charge in [0.1, 0.15) is 0 Å². The molecule has 0 saturated heterocycles. The summed E-state index contributed by atoms with van der Waals surface area (Å²) in [5.74, 6) is 0.991. The molecule has 0 fully saturated rings. The molecule has 0 aliphatic carbocycles. The van der Waals surface area contributed by atoms with Gasteiger partial charge in [0.05, 0.1) is 16.7 Å². The van der Waals surface area contributed by atoms with E-state index in [9.17, 15) is 0 Å². The van der Waals surface area contributed by atoms with Gasteiger partial charge >= 0.3 is 0 Å². The summed E-state index contributed by atoms with van der Waals surface area (Å²) in [4.78, 5) is 4.63. The van der Waals surface area contributed by atoms with Gasteiger partial charge in [-0.25, -0.2) is 4.98 Å². The monoisotopic (exact) mass is 211 g/mol. The van der Waals surface area contributed by atoms with Gasteiger partial charge in [-0.1, -0.05) is 24.3 Å². The molecule has 0 radical (unpaired) electrons. The number of imidazole rings is 1. The number of allylic oxidation sites excluding steroid dienone is 2. The maximum atomic E-state index is 4.63. The van der Waals surface area contributed by atoms with E-state index in [0.29, 0.717) is 0 Å². The van der Waals surface area contributed by atoms with E-state index in [1.54, 1.807) is 0 Å². The molecule has 1 aliphatic rings. The number of dihydropyridines is 1. The summed E-state index contributed by atoms with van der Waals surface area (Å²) in [6.07, 6.45) is 6.21. The quantitative estimate of drug-likeness (QED) is 0.782. The number of benzene rings is 1. The van der Waals surface area contributed by atoms with Gasteiger partial charge < -0.3 is 9.88 Å². The van der Waals surface area contributed by atoms with Gasteiger partial charge in [0.15, 0.2) is 5.82 Å². The molecule has 0 amide bonds. The lowest BCUT2D eigenvalue weighted by atomic mass is 10.3. The van der Waals surface area contributed by atoms with Crippen molar-refractivity contribution in [3.8, 4) is 0 Å². The average Bonchev–Trinajstić information content (AvgIpc) is 2.69. The summed E-state index contributed by atoms with van der Waals surface area (Å²) in [6, 6.07) is 8.18. The SMILES string of the molecule is Cn1c(C2=CC=CCN2)nc2ccccc21. The van der Waals surface area contributed by atoms with Crippen molar-refractivity contribution in [2.45, 2.75) is 0 Å². The van der Waals surface area contributed by atoms with Crippen LogP contribution >= 0.6 is 0 Å². The summed E-state index contributed by atoms with van der Waals surface area (Å²) in [5.41, 5.74) is 3.29. The van der Waals surface area contributed by atoms with Crippen molar-refractivity contribution in [2.24, 2.45) is 7.05 Å². The van der Waals surface area contributed by atoms with Crippen LogP contribution in [0.4, 0.5) is 0 Å². The highest BCUT2D eigenvalue weighted by atomic mass is 15.1. The zero-order valence-electron chi connectivity index (χ0n) is 9.14. The molecule has 2 heterocycles. The van der Waals surface area contributed by atoms with E-state index in [2.05, 4.69) is 39.2 Å². The zero-order valence-corrected chi connectivity index (χ0v) is 9.14. The van der Waals surface area contributed by atoms with Crippen molar-refractivity contribution in [1.29, 1.82) is 0 Å². The van der Waals surface area contributed by atoms with Gasteiger partial charge in [-0.05, 0) is 18.2 Å². The first-order valence-corrected chi connectivity index (χ1v) is 5.39. The third-order valence-corrected chi connectivity index (χ3v) is 2.84. The second-order valence-corrected chi connectivity index (χ2v) is 3.87. The summed E-state index contributed by atoms with van der Waals surface area (Å²) in [7, 11) is 2.05. The van der Waals surface area contributed by atoms with Crippen molar-refractivity contribution in [2.75, 3.05) is 6.54 Å². The Labute approximate surface area is 94.1 Å². The molecule has 3 rings (SSSR count). The predicted octanol–water partition coefficient (Wildman–Crippen LogP) is 2.07. The summed E-state index contributed by atoms with van der Waals surface area (Å²) >= 11 is 0. The van der Waals surface area contributed by atoms with E-state index in [4.69, 9.17) is 0 Å². The highest BCUT2D eigenvalue weighted by Gasteiger charge is 2.11. The Kier molecular flexibility index (Phi) is 2.03. The number of para-hydroxylation sites is 2. The number of aromatic nitrogens is 2. The van der Waals surface area contributed by atoms with E-state index >= 15 is 0 Å². The summed E-state index contributed by atoms with van der Waals surface area (Å²) in [5, 5.41) is 3.33. The van der Waals surface area contributed by atoms with Crippen LogP contribution < -0.4 is 5.32 Å². The zero-order chi connectivity index (χ0) is 11.0. The highest BCUT2D eigenvalue weighted by molar-refractivity contribution is 5.79. The van der Waals surface area contributed by atoms with Crippen LogP contribution in [0.5, 0.6) is 0 Å². The minimum absolute atomic E-state index is 0.870. The lowest BCUT2D eigenvalue weighted by Crippen LogP contribution is -2.17. The Morgan fingerprint density at radius 1 is 1.31 bits per heavy atom. The number of rotatable bonds is 1. The van der Waals surface area contributed by atoms with Crippen LogP contribution in [0.25, 0.3) is 16.7 Å². The normalized spacial score (nSPS) is 14.9. The van der Waals surface area contributed by atoms with Crippen molar-refractivity contribution in [1.82, 2.24) is 14.9 Å². The standard InChI is InChI=1S/C13H13N3/c1-16-12-8-3-2-6-10(12)15-13(16)11-7-4-5-9-14-11/h2-8,14H,9H2,1H3. The van der Waals surface area contributed by atoms with Crippen LogP contribution in [-0.2, 0) is 7.05 Å². The Morgan fingerprint density at radius 3 is 2.94 bits per heavy atom. The maximum Gasteiger partial charge on any atom is 0.157 e. The number of aryl methyl sites for hydroxylation is 1. The first kappa shape index (κ1) is 9.21. The molecular formula is C13H13N3. The number of fused-ring (bicyclic) bond motifs is 1. The molecule has 80 valence electrons. The Morgan fingerprint density at radius 2 is 2.19 bits per heavy atom. The number of nitrogens with one attached hydrogen (secondary N) is 1. The molecule has 0 saturated carbocycles. The van der Waals surface area contributed by atoms with Crippen LogP contribution in [0.15, 0.2) is 42.5 Å². The van der Waals surface area contributed by atoms with Crippen molar-refractivity contribution >= 4 is 16.7 Å². The molecule has 0 unspecified atom stereocenters. The number of hydrogen-bond donors (Lipinski definition) is 1. The molecule has 1 aromatic carbocycles. The fourth-order valence-corrected chi connectivity index (χ4v) is 2.00. The second-order valence-electron chi connectivity index (χ2n) is 3.87. The minimum atomic E-state index is 0.870. The van der Waals surface area contributed by atoms with Crippen LogP contribution in [0.1, 0.15) is 5.82 Å². The first-order valence-electron chi connectivity index (χ1n) is 5.39. The van der Waals surface area contributed by atoms with Crippen molar-refractivity contribution < 1.29 is 0 Å². The molecule has 2 aromatic rings. The Bertz CT molecular complexity index is 590. The number of hydrogen-bond acceptors (Lipinski definition) is 2. The van der Waals surface area contributed by atoms with Crippen LogP contribution in [0, 0.1) is 0 Å². The first-order chi connectivity index (χ1) is 7.86. The van der Waals surface area contributed by atoms with E-state index in [1.807, 2.05) is 25.2 Å². The Balaban J connectivity index is 2.20. The molecule has 0 bridgehead atoms. The molecular weight excluding hydrogens is 198 g/mol. The highest BCUT2D eigenvalue weighted by Crippen LogP contribution is 2.19. The lowest BCUT2D eigenvalue weighted by Gasteiger charge is -2.11. The van der Waals surface area contributed by atoms with Gasteiger partial charge in [0.25, 0.3) is 0 Å². The fraction of sp³-hybridized carbons (Fsp3) is 0.154. The predicted molar refractivity (Wildman–Crippen MR) is 65.8 cm³/mol. The largest absolute Gasteiger partial charge is 0.379 e. The molecule has 1 aliphatic heterocycles. The molecule has 0 atom stereocenters. The van der Waals surface area contributed by atoms with Gasteiger partial charge in [-0.3, -0.25) is 0 Å².